The van der Waals surface area contributed by atoms with Crippen molar-refractivity contribution in [1.82, 2.24) is 10.2 Å². The number of nitrogens with zero attached hydrogens (tertiary/aromatic N) is 1. The molecule has 1 amide bonds. The van der Waals surface area contributed by atoms with Crippen LogP contribution in [0.15, 0.2) is 0 Å². The molecule has 1 aliphatic carbocycles. The molecule has 0 radical (unpaired) electrons. The van der Waals surface area contributed by atoms with E-state index < -0.39 is 0 Å². The Morgan fingerprint density at radius 1 is 1.46 bits per heavy atom. The molecule has 1 saturated carbocycles. The van der Waals surface area contributed by atoms with E-state index in [9.17, 15) is 4.79 Å². The van der Waals surface area contributed by atoms with Crippen LogP contribution in [0.5, 0.6) is 0 Å². The van der Waals surface area contributed by atoms with E-state index in [1.807, 2.05) is 6.92 Å². The molecule has 2 rings (SSSR count). The number of carbonyl (C=O) groups excluding carboxylic acids is 1. The van der Waals surface area contributed by atoms with Crippen molar-refractivity contribution < 1.29 is 4.79 Å². The lowest BCUT2D eigenvalue weighted by Crippen LogP contribution is -2.46. The van der Waals surface area contributed by atoms with E-state index in [-0.39, 0.29) is 5.92 Å². The van der Waals surface area contributed by atoms with Crippen LogP contribution in [0.3, 0.4) is 0 Å². The number of hydrogen-bond acceptors (Lipinski definition) is 2. The molecule has 1 aliphatic heterocycles. The molecule has 1 unspecified atom stereocenters. The highest BCUT2D eigenvalue weighted by atomic mass is 16.2. The molecule has 0 aromatic rings. The van der Waals surface area contributed by atoms with E-state index >= 15 is 0 Å². The first kappa shape index (κ1) is 9.00. The van der Waals surface area contributed by atoms with Gasteiger partial charge in [-0.15, -0.1) is 0 Å². The highest BCUT2D eigenvalue weighted by Gasteiger charge is 2.31. The molecule has 1 saturated heterocycles. The lowest BCUT2D eigenvalue weighted by Gasteiger charge is -2.37. The van der Waals surface area contributed by atoms with Crippen molar-refractivity contribution in [3.8, 4) is 0 Å². The van der Waals surface area contributed by atoms with E-state index in [0.717, 1.165) is 19.6 Å². The Morgan fingerprint density at radius 2 is 2.23 bits per heavy atom. The summed E-state index contributed by atoms with van der Waals surface area (Å²) in [5, 5.41) is 3.30. The Bertz CT molecular complexity index is 201. The topological polar surface area (TPSA) is 32.3 Å². The lowest BCUT2D eigenvalue weighted by atomic mass is 9.90. The van der Waals surface area contributed by atoms with Crippen LogP contribution in [0.2, 0.25) is 0 Å². The number of nitrogens with one attached hydrogen (secondary N) is 1. The van der Waals surface area contributed by atoms with E-state index in [1.165, 1.54) is 19.3 Å². The zero-order valence-electron chi connectivity index (χ0n) is 8.25. The quantitative estimate of drug-likeness (QED) is 0.644. The molecular formula is C10H18N2O. The van der Waals surface area contributed by atoms with Gasteiger partial charge in [-0.1, -0.05) is 6.92 Å². The van der Waals surface area contributed by atoms with Crippen molar-refractivity contribution in [3.63, 3.8) is 0 Å². The molecule has 1 atom stereocenters. The third-order valence-electron chi connectivity index (χ3n) is 3.20. The van der Waals surface area contributed by atoms with Gasteiger partial charge in [0.25, 0.3) is 0 Å². The summed E-state index contributed by atoms with van der Waals surface area (Å²) in [6, 6.07) is 0.565. The number of rotatable bonds is 1. The summed E-state index contributed by atoms with van der Waals surface area (Å²) in [4.78, 5) is 14.0. The molecule has 1 N–H and O–H groups in total. The molecule has 0 spiro atoms. The molecule has 1 heterocycles. The Balaban J connectivity index is 2.01. The molecule has 74 valence electrons. The van der Waals surface area contributed by atoms with Crippen LogP contribution in [0, 0.1) is 5.92 Å². The first-order valence-electron chi connectivity index (χ1n) is 5.30. The fourth-order valence-corrected chi connectivity index (χ4v) is 2.06. The first-order valence-corrected chi connectivity index (χ1v) is 5.30. The third-order valence-corrected chi connectivity index (χ3v) is 3.20. The minimum absolute atomic E-state index is 0.170. The first-order chi connectivity index (χ1) is 6.29. The van der Waals surface area contributed by atoms with Crippen LogP contribution < -0.4 is 5.32 Å². The highest BCUT2D eigenvalue weighted by molar-refractivity contribution is 5.79. The SMILES string of the molecule is CC1CNCCN(C2CCC2)C1=O. The van der Waals surface area contributed by atoms with Gasteiger partial charge in [-0.2, -0.15) is 0 Å². The molecule has 0 bridgehead atoms. The Labute approximate surface area is 79.5 Å². The van der Waals surface area contributed by atoms with Gasteiger partial charge in [0.05, 0.1) is 0 Å². The summed E-state index contributed by atoms with van der Waals surface area (Å²) in [6.45, 7) is 4.74. The zero-order valence-corrected chi connectivity index (χ0v) is 8.25. The van der Waals surface area contributed by atoms with Gasteiger partial charge in [0.15, 0.2) is 0 Å². The number of hydrogen-bond donors (Lipinski definition) is 1. The van der Waals surface area contributed by atoms with Crippen LogP contribution >= 0.6 is 0 Å². The summed E-state index contributed by atoms with van der Waals surface area (Å²) in [7, 11) is 0. The minimum atomic E-state index is 0.170. The van der Waals surface area contributed by atoms with Crippen LogP contribution in [0.4, 0.5) is 0 Å². The third kappa shape index (κ3) is 1.70. The predicted octanol–water partition coefficient (Wildman–Crippen LogP) is 0.607. The van der Waals surface area contributed by atoms with Gasteiger partial charge in [0.1, 0.15) is 0 Å². The lowest BCUT2D eigenvalue weighted by molar-refractivity contribution is -0.137. The normalized spacial score (nSPS) is 31.3. The van der Waals surface area contributed by atoms with Crippen LogP contribution in [0.25, 0.3) is 0 Å². The highest BCUT2D eigenvalue weighted by Crippen LogP contribution is 2.26. The second-order valence-electron chi connectivity index (χ2n) is 4.22. The van der Waals surface area contributed by atoms with Gasteiger partial charge in [0.2, 0.25) is 5.91 Å². The van der Waals surface area contributed by atoms with E-state index in [1.54, 1.807) is 0 Å². The van der Waals surface area contributed by atoms with E-state index in [2.05, 4.69) is 10.2 Å². The Morgan fingerprint density at radius 3 is 2.85 bits per heavy atom. The average molecular weight is 182 g/mol. The molecular weight excluding hydrogens is 164 g/mol. The van der Waals surface area contributed by atoms with Crippen LogP contribution in [-0.2, 0) is 4.79 Å². The van der Waals surface area contributed by atoms with Gasteiger partial charge >= 0.3 is 0 Å². The van der Waals surface area contributed by atoms with Crippen molar-refractivity contribution in [2.45, 2.75) is 32.2 Å². The fourth-order valence-electron chi connectivity index (χ4n) is 2.06. The summed E-state index contributed by atoms with van der Waals surface area (Å²) >= 11 is 0. The number of carbonyl (C=O) groups is 1. The summed E-state index contributed by atoms with van der Waals surface area (Å²) in [5.41, 5.74) is 0. The zero-order chi connectivity index (χ0) is 9.26. The van der Waals surface area contributed by atoms with E-state index in [4.69, 9.17) is 0 Å². The molecule has 0 aromatic heterocycles. The predicted molar refractivity (Wildman–Crippen MR) is 51.4 cm³/mol. The van der Waals surface area contributed by atoms with Crippen molar-refractivity contribution in [2.24, 2.45) is 5.92 Å². The van der Waals surface area contributed by atoms with Crippen molar-refractivity contribution in [3.05, 3.63) is 0 Å². The van der Waals surface area contributed by atoms with E-state index in [0.29, 0.717) is 11.9 Å². The molecule has 0 aromatic carbocycles. The molecule has 3 nitrogen and oxygen atoms in total. The van der Waals surface area contributed by atoms with Gasteiger partial charge in [-0.3, -0.25) is 4.79 Å². The minimum Gasteiger partial charge on any atom is -0.338 e. The Hall–Kier alpha value is -0.570. The maximum Gasteiger partial charge on any atom is 0.226 e. The van der Waals surface area contributed by atoms with Gasteiger partial charge in [-0.25, -0.2) is 0 Å². The maximum atomic E-state index is 11.9. The second kappa shape index (κ2) is 3.66. The van der Waals surface area contributed by atoms with Crippen LogP contribution in [-0.4, -0.2) is 36.5 Å². The number of amides is 1. The largest absolute Gasteiger partial charge is 0.338 e. The standard InChI is InChI=1S/C10H18N2O/c1-8-7-11-5-6-12(10(8)13)9-3-2-4-9/h8-9,11H,2-7H2,1H3. The van der Waals surface area contributed by atoms with Crippen molar-refractivity contribution >= 4 is 5.91 Å². The monoisotopic (exact) mass is 182 g/mol. The summed E-state index contributed by atoms with van der Waals surface area (Å²) in [5.74, 6) is 0.526. The van der Waals surface area contributed by atoms with Gasteiger partial charge in [-0.05, 0) is 19.3 Å². The maximum absolute atomic E-state index is 11.9. The molecule has 3 heteroatoms. The molecule has 2 fully saturated rings. The van der Waals surface area contributed by atoms with Crippen molar-refractivity contribution in [2.75, 3.05) is 19.6 Å². The molecule has 2 aliphatic rings. The van der Waals surface area contributed by atoms with Gasteiger partial charge < -0.3 is 10.2 Å². The molecule has 13 heavy (non-hydrogen) atoms. The van der Waals surface area contributed by atoms with Crippen LogP contribution in [0.1, 0.15) is 26.2 Å². The smallest absolute Gasteiger partial charge is 0.226 e. The Kier molecular flexibility index (Phi) is 2.54. The fraction of sp³-hybridized carbons (Fsp3) is 0.900. The second-order valence-corrected chi connectivity index (χ2v) is 4.22. The average Bonchev–Trinajstić information content (AvgIpc) is 2.17. The summed E-state index contributed by atoms with van der Waals surface area (Å²) in [6.07, 6.45) is 3.74. The summed E-state index contributed by atoms with van der Waals surface area (Å²) < 4.78 is 0. The van der Waals surface area contributed by atoms with Gasteiger partial charge in [0, 0.05) is 31.6 Å². The van der Waals surface area contributed by atoms with Crippen molar-refractivity contribution in [1.29, 1.82) is 0 Å².